The van der Waals surface area contributed by atoms with Gasteiger partial charge in [-0.1, -0.05) is 30.3 Å². The van der Waals surface area contributed by atoms with Gasteiger partial charge in [0.1, 0.15) is 0 Å². The number of Topliss-reactive ketones (excluding diaryl/α,β-unsaturated/α-hetero) is 1. The Kier molecular flexibility index (Phi) is 4.50. The van der Waals surface area contributed by atoms with Gasteiger partial charge in [-0.3, -0.25) is 14.4 Å². The van der Waals surface area contributed by atoms with E-state index >= 15 is 0 Å². The number of benzene rings is 1. The molecular formula is C15H17NO4. The Labute approximate surface area is 117 Å². The van der Waals surface area contributed by atoms with Crippen molar-refractivity contribution in [3.63, 3.8) is 0 Å². The number of ether oxygens (including phenoxy) is 1. The van der Waals surface area contributed by atoms with Crippen molar-refractivity contribution in [1.29, 1.82) is 0 Å². The van der Waals surface area contributed by atoms with Gasteiger partial charge in [0.05, 0.1) is 6.61 Å². The van der Waals surface area contributed by atoms with Gasteiger partial charge in [0.25, 0.3) is 0 Å². The summed E-state index contributed by atoms with van der Waals surface area (Å²) in [5.74, 6) is -2.83. The summed E-state index contributed by atoms with van der Waals surface area (Å²) in [6.45, 7) is 2.57. The molecule has 0 N–H and O–H groups in total. The normalized spacial score (nSPS) is 19.1. The van der Waals surface area contributed by atoms with Crippen molar-refractivity contribution in [3.05, 3.63) is 35.9 Å². The summed E-state index contributed by atoms with van der Waals surface area (Å²) >= 11 is 0. The van der Waals surface area contributed by atoms with Crippen LogP contribution in [-0.4, -0.2) is 35.7 Å². The van der Waals surface area contributed by atoms with Gasteiger partial charge < -0.3 is 9.64 Å². The Morgan fingerprint density at radius 1 is 1.30 bits per heavy atom. The van der Waals surface area contributed by atoms with Gasteiger partial charge in [-0.15, -0.1) is 0 Å². The van der Waals surface area contributed by atoms with Crippen LogP contribution < -0.4 is 0 Å². The minimum absolute atomic E-state index is 0.161. The first-order valence-corrected chi connectivity index (χ1v) is 6.65. The van der Waals surface area contributed by atoms with Gasteiger partial charge in [-0.05, 0) is 12.5 Å². The second-order valence-electron chi connectivity index (χ2n) is 4.65. The third-order valence-corrected chi connectivity index (χ3v) is 3.25. The van der Waals surface area contributed by atoms with Crippen LogP contribution in [0.4, 0.5) is 0 Å². The zero-order chi connectivity index (χ0) is 14.5. The summed E-state index contributed by atoms with van der Waals surface area (Å²) < 4.78 is 4.81. The zero-order valence-corrected chi connectivity index (χ0v) is 11.4. The molecule has 0 aliphatic carbocycles. The molecule has 1 fully saturated rings. The molecule has 1 amide bonds. The largest absolute Gasteiger partial charge is 0.465 e. The first kappa shape index (κ1) is 14.2. The Hall–Kier alpha value is -2.17. The second kappa shape index (κ2) is 6.32. The van der Waals surface area contributed by atoms with Crippen molar-refractivity contribution in [2.24, 2.45) is 5.92 Å². The van der Waals surface area contributed by atoms with E-state index in [-0.39, 0.29) is 18.8 Å². The van der Waals surface area contributed by atoms with Crippen molar-refractivity contribution < 1.29 is 19.1 Å². The monoisotopic (exact) mass is 275 g/mol. The topological polar surface area (TPSA) is 63.7 Å². The Morgan fingerprint density at radius 2 is 2.00 bits per heavy atom. The molecule has 1 aliphatic heterocycles. The number of piperidine rings is 1. The molecule has 0 unspecified atom stereocenters. The fraction of sp³-hybridized carbons (Fsp3) is 0.400. The van der Waals surface area contributed by atoms with Gasteiger partial charge in [-0.25, -0.2) is 0 Å². The Bertz CT molecular complexity index is 512. The quantitative estimate of drug-likeness (QED) is 0.611. The molecule has 1 aromatic carbocycles. The molecule has 5 heteroatoms. The molecular weight excluding hydrogens is 258 g/mol. The number of amides is 1. The highest BCUT2D eigenvalue weighted by molar-refractivity contribution is 6.17. The predicted molar refractivity (Wildman–Crippen MR) is 71.6 cm³/mol. The zero-order valence-electron chi connectivity index (χ0n) is 11.4. The van der Waals surface area contributed by atoms with Crippen LogP contribution in [0.2, 0.25) is 0 Å². The van der Waals surface area contributed by atoms with Gasteiger partial charge in [0, 0.05) is 19.5 Å². The highest BCUT2D eigenvalue weighted by Gasteiger charge is 2.41. The number of hydrogen-bond donors (Lipinski definition) is 0. The highest BCUT2D eigenvalue weighted by Crippen LogP contribution is 2.18. The van der Waals surface area contributed by atoms with Crippen LogP contribution in [0.3, 0.4) is 0 Å². The number of carbonyl (C=O) groups is 3. The first-order valence-electron chi connectivity index (χ1n) is 6.65. The third kappa shape index (κ3) is 3.04. The summed E-state index contributed by atoms with van der Waals surface area (Å²) in [6, 6.07) is 9.48. The number of esters is 1. The molecule has 1 heterocycles. The number of hydrogen-bond acceptors (Lipinski definition) is 4. The lowest BCUT2D eigenvalue weighted by molar-refractivity contribution is -0.161. The minimum Gasteiger partial charge on any atom is -0.465 e. The lowest BCUT2D eigenvalue weighted by atomic mass is 9.95. The molecule has 0 saturated carbocycles. The van der Waals surface area contributed by atoms with E-state index in [4.69, 9.17) is 4.74 Å². The van der Waals surface area contributed by atoms with Crippen molar-refractivity contribution in [2.75, 3.05) is 13.2 Å². The lowest BCUT2D eigenvalue weighted by Crippen LogP contribution is -2.49. The van der Waals surface area contributed by atoms with Crippen molar-refractivity contribution in [1.82, 2.24) is 4.90 Å². The fourth-order valence-corrected chi connectivity index (χ4v) is 2.24. The van der Waals surface area contributed by atoms with E-state index in [1.54, 1.807) is 11.8 Å². The van der Waals surface area contributed by atoms with Crippen LogP contribution in [0.1, 0.15) is 18.9 Å². The molecule has 0 spiro atoms. The summed E-state index contributed by atoms with van der Waals surface area (Å²) in [7, 11) is 0. The van der Waals surface area contributed by atoms with Crippen molar-refractivity contribution in [3.8, 4) is 0 Å². The molecule has 5 nitrogen and oxygen atoms in total. The van der Waals surface area contributed by atoms with E-state index in [1.807, 2.05) is 30.3 Å². The number of rotatable bonds is 4. The smallest absolute Gasteiger partial charge is 0.326 e. The molecule has 0 radical (unpaired) electrons. The standard InChI is InChI=1S/C15H17NO4/c1-2-20-15(19)13-12(17)8-9-16(14(13)18)10-11-6-4-3-5-7-11/h3-7,13H,2,8-10H2,1H3/t13-/m0/s1. The molecule has 20 heavy (non-hydrogen) atoms. The molecule has 1 atom stereocenters. The van der Waals surface area contributed by atoms with E-state index in [1.165, 1.54) is 0 Å². The maximum absolute atomic E-state index is 12.3. The van der Waals surface area contributed by atoms with E-state index in [0.717, 1.165) is 5.56 Å². The number of likely N-dealkylation sites (tertiary alicyclic amines) is 1. The maximum Gasteiger partial charge on any atom is 0.326 e. The number of nitrogens with zero attached hydrogens (tertiary/aromatic N) is 1. The molecule has 1 aromatic rings. The second-order valence-corrected chi connectivity index (χ2v) is 4.65. The maximum atomic E-state index is 12.3. The van der Waals surface area contributed by atoms with E-state index in [9.17, 15) is 14.4 Å². The Morgan fingerprint density at radius 3 is 2.65 bits per heavy atom. The van der Waals surface area contributed by atoms with Crippen LogP contribution in [0.5, 0.6) is 0 Å². The highest BCUT2D eigenvalue weighted by atomic mass is 16.5. The van der Waals surface area contributed by atoms with E-state index in [2.05, 4.69) is 0 Å². The predicted octanol–water partition coefficient (Wildman–Crippen LogP) is 1.17. The Balaban J connectivity index is 2.10. The molecule has 1 saturated heterocycles. The van der Waals surface area contributed by atoms with Crippen LogP contribution >= 0.6 is 0 Å². The van der Waals surface area contributed by atoms with Gasteiger partial charge in [-0.2, -0.15) is 0 Å². The van der Waals surface area contributed by atoms with Crippen LogP contribution in [0.15, 0.2) is 30.3 Å². The summed E-state index contributed by atoms with van der Waals surface area (Å²) in [5, 5.41) is 0. The average molecular weight is 275 g/mol. The van der Waals surface area contributed by atoms with Crippen LogP contribution in [-0.2, 0) is 25.7 Å². The number of ketones is 1. The summed E-state index contributed by atoms with van der Waals surface area (Å²) in [5.41, 5.74) is 0.970. The van der Waals surface area contributed by atoms with Crippen LogP contribution in [0.25, 0.3) is 0 Å². The molecule has 1 aliphatic rings. The molecule has 2 rings (SSSR count). The number of carbonyl (C=O) groups excluding carboxylic acids is 3. The molecule has 0 aromatic heterocycles. The minimum atomic E-state index is -1.28. The average Bonchev–Trinajstić information content (AvgIpc) is 2.44. The van der Waals surface area contributed by atoms with E-state index in [0.29, 0.717) is 13.1 Å². The van der Waals surface area contributed by atoms with Gasteiger partial charge in [0.2, 0.25) is 5.91 Å². The van der Waals surface area contributed by atoms with Gasteiger partial charge in [0.15, 0.2) is 11.7 Å². The lowest BCUT2D eigenvalue weighted by Gasteiger charge is -2.30. The van der Waals surface area contributed by atoms with Gasteiger partial charge >= 0.3 is 5.97 Å². The SMILES string of the molecule is CCOC(=O)[C@H]1C(=O)CCN(Cc2ccccc2)C1=O. The van der Waals surface area contributed by atoms with Crippen molar-refractivity contribution >= 4 is 17.7 Å². The molecule has 106 valence electrons. The fourth-order valence-electron chi connectivity index (χ4n) is 2.24. The van der Waals surface area contributed by atoms with Crippen LogP contribution in [0, 0.1) is 5.92 Å². The van der Waals surface area contributed by atoms with E-state index < -0.39 is 17.8 Å². The summed E-state index contributed by atoms with van der Waals surface area (Å²) in [6.07, 6.45) is 0.196. The summed E-state index contributed by atoms with van der Waals surface area (Å²) in [4.78, 5) is 37.3. The molecule has 0 bridgehead atoms. The van der Waals surface area contributed by atoms with Crippen molar-refractivity contribution in [2.45, 2.75) is 19.9 Å². The third-order valence-electron chi connectivity index (χ3n) is 3.25. The first-order chi connectivity index (χ1) is 9.63.